The maximum Gasteiger partial charge on any atom is 0.138 e. The lowest BCUT2D eigenvalue weighted by Crippen LogP contribution is -2.19. The minimum atomic E-state index is -0.442. The molecule has 0 aliphatic rings. The summed E-state index contributed by atoms with van der Waals surface area (Å²) in [6.07, 6.45) is 3.13. The summed E-state index contributed by atoms with van der Waals surface area (Å²) in [5, 5.41) is 12.1. The molecule has 1 atom stereocenters. The van der Waals surface area contributed by atoms with Gasteiger partial charge in [-0.3, -0.25) is 5.32 Å². The van der Waals surface area contributed by atoms with Gasteiger partial charge in [0.05, 0.1) is 24.3 Å². The van der Waals surface area contributed by atoms with Gasteiger partial charge in [-0.05, 0) is 17.7 Å². The maximum absolute atomic E-state index is 12.7. The Morgan fingerprint density at radius 3 is 2.76 bits per heavy atom. The van der Waals surface area contributed by atoms with E-state index in [1.54, 1.807) is 18.3 Å². The molecule has 0 spiro atoms. The number of nitriles is 1. The van der Waals surface area contributed by atoms with Crippen molar-refractivity contribution >= 4 is 0 Å². The van der Waals surface area contributed by atoms with Gasteiger partial charge in [-0.15, -0.1) is 0 Å². The summed E-state index contributed by atoms with van der Waals surface area (Å²) in [6.45, 7) is 0.498. The van der Waals surface area contributed by atoms with Gasteiger partial charge in [0.1, 0.15) is 11.9 Å². The van der Waals surface area contributed by atoms with Crippen molar-refractivity contribution in [3.8, 4) is 6.07 Å². The van der Waals surface area contributed by atoms with Gasteiger partial charge >= 0.3 is 0 Å². The number of nitrogens with zero attached hydrogens (tertiary/aromatic N) is 2. The third kappa shape index (κ3) is 2.89. The lowest BCUT2D eigenvalue weighted by Gasteiger charge is -2.09. The molecule has 2 aromatic rings. The molecule has 0 saturated heterocycles. The highest BCUT2D eigenvalue weighted by atomic mass is 19.1. The van der Waals surface area contributed by atoms with E-state index in [0.29, 0.717) is 6.54 Å². The first-order valence-corrected chi connectivity index (χ1v) is 5.15. The number of benzene rings is 1. The fourth-order valence-corrected chi connectivity index (χ4v) is 1.47. The minimum Gasteiger partial charge on any atom is -0.346 e. The lowest BCUT2D eigenvalue weighted by atomic mass is 10.2. The van der Waals surface area contributed by atoms with Crippen LogP contribution in [-0.2, 0) is 6.54 Å². The van der Waals surface area contributed by atoms with Crippen molar-refractivity contribution in [2.24, 2.45) is 0 Å². The van der Waals surface area contributed by atoms with Crippen molar-refractivity contribution < 1.29 is 4.39 Å². The molecule has 1 heterocycles. The largest absolute Gasteiger partial charge is 0.346 e. The number of imidazole rings is 1. The molecule has 0 amide bonds. The molecule has 0 radical (unpaired) electrons. The summed E-state index contributed by atoms with van der Waals surface area (Å²) < 4.78 is 12.7. The molecule has 86 valence electrons. The van der Waals surface area contributed by atoms with E-state index in [9.17, 15) is 4.39 Å². The Morgan fingerprint density at radius 1 is 1.41 bits per heavy atom. The maximum atomic E-state index is 12.7. The van der Waals surface area contributed by atoms with Crippen LogP contribution in [0.1, 0.15) is 17.3 Å². The number of H-pyrrole nitrogens is 1. The number of aromatic amines is 1. The Morgan fingerprint density at radius 2 is 2.18 bits per heavy atom. The smallest absolute Gasteiger partial charge is 0.138 e. The summed E-state index contributed by atoms with van der Waals surface area (Å²) in [5.74, 6) is -0.265. The van der Waals surface area contributed by atoms with Crippen molar-refractivity contribution in [3.05, 3.63) is 53.9 Å². The number of nitrogens with one attached hydrogen (secondary N) is 2. The zero-order valence-corrected chi connectivity index (χ0v) is 9.02. The van der Waals surface area contributed by atoms with Gasteiger partial charge in [-0.1, -0.05) is 12.1 Å². The molecule has 17 heavy (non-hydrogen) atoms. The van der Waals surface area contributed by atoms with Crippen LogP contribution in [0.3, 0.4) is 0 Å². The lowest BCUT2D eigenvalue weighted by molar-refractivity contribution is 0.611. The zero-order chi connectivity index (χ0) is 12.1. The first kappa shape index (κ1) is 11.3. The molecule has 5 heteroatoms. The van der Waals surface area contributed by atoms with Crippen LogP contribution in [0.2, 0.25) is 0 Å². The predicted octanol–water partition coefficient (Wildman–Crippen LogP) is 1.90. The molecule has 1 unspecified atom stereocenters. The second-order valence-corrected chi connectivity index (χ2v) is 3.58. The molecule has 0 aliphatic heterocycles. The average molecular weight is 230 g/mol. The SMILES string of the molecule is N#CC(NCc1ccc(F)cc1)c1cnc[nH]1. The molecule has 1 aromatic heterocycles. The number of hydrogen-bond acceptors (Lipinski definition) is 3. The molecule has 2 N–H and O–H groups in total. The van der Waals surface area contributed by atoms with Gasteiger partial charge in [0.15, 0.2) is 0 Å². The average Bonchev–Trinajstić information content (AvgIpc) is 2.86. The Balaban J connectivity index is 1.97. The topological polar surface area (TPSA) is 64.5 Å². The molecule has 0 bridgehead atoms. The van der Waals surface area contributed by atoms with E-state index in [2.05, 4.69) is 21.4 Å². The highest BCUT2D eigenvalue weighted by Crippen LogP contribution is 2.09. The van der Waals surface area contributed by atoms with Crippen LogP contribution >= 0.6 is 0 Å². The monoisotopic (exact) mass is 230 g/mol. The van der Waals surface area contributed by atoms with E-state index < -0.39 is 6.04 Å². The van der Waals surface area contributed by atoms with Gasteiger partial charge in [0.25, 0.3) is 0 Å². The summed E-state index contributed by atoms with van der Waals surface area (Å²) in [6, 6.07) is 7.85. The molecule has 4 nitrogen and oxygen atoms in total. The third-order valence-corrected chi connectivity index (χ3v) is 2.38. The second kappa shape index (κ2) is 5.23. The molecule has 0 aliphatic carbocycles. The molecular weight excluding hydrogens is 219 g/mol. The number of rotatable bonds is 4. The first-order chi connectivity index (χ1) is 8.29. The van der Waals surface area contributed by atoms with Gasteiger partial charge in [0.2, 0.25) is 0 Å². The van der Waals surface area contributed by atoms with Crippen LogP contribution in [0.25, 0.3) is 0 Å². The van der Waals surface area contributed by atoms with Crippen molar-refractivity contribution in [2.45, 2.75) is 12.6 Å². The highest BCUT2D eigenvalue weighted by molar-refractivity contribution is 5.17. The fourth-order valence-electron chi connectivity index (χ4n) is 1.47. The summed E-state index contributed by atoms with van der Waals surface area (Å²) in [4.78, 5) is 6.74. The summed E-state index contributed by atoms with van der Waals surface area (Å²) in [5.41, 5.74) is 1.64. The van der Waals surface area contributed by atoms with Crippen molar-refractivity contribution in [3.63, 3.8) is 0 Å². The normalized spacial score (nSPS) is 12.0. The van der Waals surface area contributed by atoms with Crippen LogP contribution in [0, 0.1) is 17.1 Å². The van der Waals surface area contributed by atoms with E-state index in [0.717, 1.165) is 11.3 Å². The quantitative estimate of drug-likeness (QED) is 0.843. The van der Waals surface area contributed by atoms with Gasteiger partial charge in [-0.2, -0.15) is 5.26 Å². The van der Waals surface area contributed by atoms with E-state index >= 15 is 0 Å². The Labute approximate surface area is 98.1 Å². The Kier molecular flexibility index (Phi) is 3.48. The van der Waals surface area contributed by atoms with Crippen LogP contribution in [0.5, 0.6) is 0 Å². The molecule has 0 fully saturated rings. The molecular formula is C12H11FN4. The van der Waals surface area contributed by atoms with E-state index in [-0.39, 0.29) is 5.82 Å². The van der Waals surface area contributed by atoms with Crippen LogP contribution in [-0.4, -0.2) is 9.97 Å². The molecule has 2 rings (SSSR count). The Hall–Kier alpha value is -2.19. The molecule has 0 saturated carbocycles. The van der Waals surface area contributed by atoms with Gasteiger partial charge in [-0.25, -0.2) is 9.37 Å². The van der Waals surface area contributed by atoms with Crippen LogP contribution in [0.4, 0.5) is 4.39 Å². The van der Waals surface area contributed by atoms with Crippen LogP contribution < -0.4 is 5.32 Å². The number of halogens is 1. The fraction of sp³-hybridized carbons (Fsp3) is 0.167. The predicted molar refractivity (Wildman–Crippen MR) is 60.2 cm³/mol. The third-order valence-electron chi connectivity index (χ3n) is 2.38. The van der Waals surface area contributed by atoms with Crippen LogP contribution in [0.15, 0.2) is 36.8 Å². The summed E-state index contributed by atoms with van der Waals surface area (Å²) in [7, 11) is 0. The van der Waals surface area contributed by atoms with Crippen molar-refractivity contribution in [2.75, 3.05) is 0 Å². The molecule has 1 aromatic carbocycles. The number of hydrogen-bond donors (Lipinski definition) is 2. The second-order valence-electron chi connectivity index (χ2n) is 3.58. The van der Waals surface area contributed by atoms with E-state index in [1.807, 2.05) is 0 Å². The first-order valence-electron chi connectivity index (χ1n) is 5.15. The highest BCUT2D eigenvalue weighted by Gasteiger charge is 2.10. The Bertz CT molecular complexity index is 498. The van der Waals surface area contributed by atoms with E-state index in [4.69, 9.17) is 5.26 Å². The zero-order valence-electron chi connectivity index (χ0n) is 9.02. The van der Waals surface area contributed by atoms with Crippen molar-refractivity contribution in [1.29, 1.82) is 5.26 Å². The standard InChI is InChI=1S/C12H11FN4/c13-10-3-1-9(2-4-10)6-16-11(5-14)12-7-15-8-17-12/h1-4,7-8,11,16H,6H2,(H,15,17). The minimum absolute atomic E-state index is 0.265. The number of aromatic nitrogens is 2. The van der Waals surface area contributed by atoms with Gasteiger partial charge < -0.3 is 4.98 Å². The summed E-state index contributed by atoms with van der Waals surface area (Å²) >= 11 is 0. The van der Waals surface area contributed by atoms with Gasteiger partial charge in [0, 0.05) is 6.54 Å². The van der Waals surface area contributed by atoms with Crippen molar-refractivity contribution in [1.82, 2.24) is 15.3 Å². The van der Waals surface area contributed by atoms with E-state index in [1.165, 1.54) is 18.5 Å².